The largest absolute Gasteiger partial charge is 0.332 e. The van der Waals surface area contributed by atoms with Crippen LogP contribution in [0.4, 0.5) is 11.6 Å². The second kappa shape index (κ2) is 7.51. The van der Waals surface area contributed by atoms with Gasteiger partial charge in [-0.15, -0.1) is 0 Å². The van der Waals surface area contributed by atoms with Gasteiger partial charge in [0.05, 0.1) is 6.54 Å². The monoisotopic (exact) mass is 429 g/mol. The minimum absolute atomic E-state index is 0.235. The summed E-state index contributed by atoms with van der Waals surface area (Å²) in [7, 11) is 1.69. The molecule has 0 N–H and O–H groups in total. The third kappa shape index (κ3) is 3.25. The lowest BCUT2D eigenvalue weighted by atomic mass is 10.1. The van der Waals surface area contributed by atoms with Crippen molar-refractivity contribution in [1.29, 1.82) is 0 Å². The van der Waals surface area contributed by atoms with Crippen LogP contribution in [0, 0.1) is 19.8 Å². The molecule has 7 heteroatoms. The number of rotatable bonds is 3. The maximum atomic E-state index is 13.6. The Balaban J connectivity index is 1.74. The Morgan fingerprint density at radius 1 is 1.00 bits per heavy atom. The van der Waals surface area contributed by atoms with Gasteiger partial charge < -0.3 is 9.47 Å². The molecule has 0 amide bonds. The van der Waals surface area contributed by atoms with Crippen molar-refractivity contribution in [2.75, 3.05) is 11.4 Å². The summed E-state index contributed by atoms with van der Waals surface area (Å²) in [5.74, 6) is 1.03. The average Bonchev–Trinajstić information content (AvgIpc) is 3.14. The van der Waals surface area contributed by atoms with Gasteiger partial charge in [-0.05, 0) is 48.6 Å². The lowest BCUT2D eigenvalue weighted by Crippen LogP contribution is -2.40. The maximum Gasteiger partial charge on any atom is 0.332 e. The van der Waals surface area contributed by atoms with Gasteiger partial charge in [0.2, 0.25) is 5.95 Å². The van der Waals surface area contributed by atoms with Crippen LogP contribution in [0.2, 0.25) is 0 Å². The highest BCUT2D eigenvalue weighted by atomic mass is 16.2. The van der Waals surface area contributed by atoms with Crippen LogP contribution in [0.25, 0.3) is 11.2 Å². The third-order valence-electron chi connectivity index (χ3n) is 6.14. The zero-order valence-corrected chi connectivity index (χ0v) is 18.9. The van der Waals surface area contributed by atoms with Crippen LogP contribution >= 0.6 is 0 Å². The second-order valence-corrected chi connectivity index (χ2v) is 8.97. The minimum Gasteiger partial charge on any atom is -0.312 e. The summed E-state index contributed by atoms with van der Waals surface area (Å²) in [6, 6.07) is 16.0. The Labute approximate surface area is 186 Å². The molecule has 5 rings (SSSR count). The Hall–Kier alpha value is -3.61. The predicted octanol–water partition coefficient (Wildman–Crippen LogP) is 3.35. The van der Waals surface area contributed by atoms with E-state index in [0.29, 0.717) is 29.6 Å². The van der Waals surface area contributed by atoms with E-state index < -0.39 is 0 Å². The van der Waals surface area contributed by atoms with Crippen LogP contribution in [0.1, 0.15) is 23.6 Å². The number of aromatic nitrogens is 4. The van der Waals surface area contributed by atoms with E-state index in [4.69, 9.17) is 4.98 Å². The zero-order valence-electron chi connectivity index (χ0n) is 18.9. The van der Waals surface area contributed by atoms with Crippen molar-refractivity contribution in [3.05, 3.63) is 86.1 Å². The van der Waals surface area contributed by atoms with Crippen LogP contribution in [0.5, 0.6) is 0 Å². The van der Waals surface area contributed by atoms with E-state index in [2.05, 4.69) is 43.9 Å². The molecule has 0 fully saturated rings. The molecule has 0 saturated carbocycles. The zero-order chi connectivity index (χ0) is 22.6. The Bertz CT molecular complexity index is 1430. The number of benzene rings is 2. The van der Waals surface area contributed by atoms with Gasteiger partial charge in [-0.2, -0.15) is 4.98 Å². The van der Waals surface area contributed by atoms with Gasteiger partial charge >= 0.3 is 5.69 Å². The lowest BCUT2D eigenvalue weighted by molar-refractivity contribution is 0.458. The van der Waals surface area contributed by atoms with Crippen LogP contribution in [-0.4, -0.2) is 25.2 Å². The van der Waals surface area contributed by atoms with E-state index in [1.165, 1.54) is 20.3 Å². The van der Waals surface area contributed by atoms with Gasteiger partial charge in [-0.1, -0.05) is 43.3 Å². The normalized spacial score (nSPS) is 15.9. The predicted molar refractivity (Wildman–Crippen MR) is 127 cm³/mol. The van der Waals surface area contributed by atoms with Gasteiger partial charge in [0.1, 0.15) is 0 Å². The first kappa shape index (κ1) is 20.3. The molecule has 4 aromatic rings. The van der Waals surface area contributed by atoms with E-state index in [0.717, 1.165) is 17.8 Å². The molecule has 164 valence electrons. The fraction of sp³-hybridized carbons (Fsp3) is 0.320. The fourth-order valence-corrected chi connectivity index (χ4v) is 4.73. The molecule has 0 radical (unpaired) electrons. The average molecular weight is 430 g/mol. The highest BCUT2D eigenvalue weighted by Crippen LogP contribution is 2.33. The first-order valence-electron chi connectivity index (χ1n) is 10.9. The summed E-state index contributed by atoms with van der Waals surface area (Å²) < 4.78 is 4.80. The smallest absolute Gasteiger partial charge is 0.312 e. The molecule has 0 bridgehead atoms. The molecule has 2 aromatic heterocycles. The van der Waals surface area contributed by atoms with Crippen molar-refractivity contribution in [2.24, 2.45) is 13.0 Å². The van der Waals surface area contributed by atoms with Crippen molar-refractivity contribution in [3.8, 4) is 0 Å². The van der Waals surface area contributed by atoms with Crippen molar-refractivity contribution < 1.29 is 0 Å². The number of aryl methyl sites for hydroxylation is 3. The topological polar surface area (TPSA) is 65.1 Å². The van der Waals surface area contributed by atoms with Gasteiger partial charge in [0, 0.05) is 25.8 Å². The van der Waals surface area contributed by atoms with Gasteiger partial charge in [-0.25, -0.2) is 4.79 Å². The molecule has 1 atom stereocenters. The third-order valence-corrected chi connectivity index (χ3v) is 6.14. The molecule has 0 saturated heterocycles. The molecule has 2 aromatic carbocycles. The molecule has 1 aliphatic rings. The molecule has 1 aliphatic heterocycles. The summed E-state index contributed by atoms with van der Waals surface area (Å²) in [6.45, 7) is 8.07. The molecule has 0 spiro atoms. The first-order valence-corrected chi connectivity index (χ1v) is 10.9. The molecular weight excluding hydrogens is 402 g/mol. The van der Waals surface area contributed by atoms with Gasteiger partial charge in [-0.3, -0.25) is 13.9 Å². The van der Waals surface area contributed by atoms with Crippen molar-refractivity contribution >= 4 is 22.8 Å². The summed E-state index contributed by atoms with van der Waals surface area (Å²) in [6.07, 6.45) is 0. The first-order chi connectivity index (χ1) is 15.3. The van der Waals surface area contributed by atoms with Crippen LogP contribution in [0.3, 0.4) is 0 Å². The summed E-state index contributed by atoms with van der Waals surface area (Å²) in [4.78, 5) is 33.6. The van der Waals surface area contributed by atoms with Gasteiger partial charge in [0.15, 0.2) is 11.2 Å². The van der Waals surface area contributed by atoms with Crippen LogP contribution in [0.15, 0.2) is 58.1 Å². The SMILES string of the molecule is Cc1cc(C)cc(N2C[C@H](C)Cn3c2nc2c3c(=O)n(Cc3ccccc3)c(=O)n2C)c1. The Morgan fingerprint density at radius 3 is 2.38 bits per heavy atom. The Morgan fingerprint density at radius 2 is 1.69 bits per heavy atom. The van der Waals surface area contributed by atoms with Gasteiger partial charge in [0.25, 0.3) is 5.56 Å². The van der Waals surface area contributed by atoms with E-state index in [1.54, 1.807) is 7.05 Å². The molecule has 0 aliphatic carbocycles. The molecule has 0 unspecified atom stereocenters. The molecule has 32 heavy (non-hydrogen) atoms. The molecule has 7 nitrogen and oxygen atoms in total. The van der Waals surface area contributed by atoms with E-state index >= 15 is 0 Å². The number of imidazole rings is 1. The number of hydrogen-bond donors (Lipinski definition) is 0. The van der Waals surface area contributed by atoms with E-state index in [1.807, 2.05) is 34.9 Å². The molecule has 3 heterocycles. The highest BCUT2D eigenvalue weighted by molar-refractivity contribution is 5.77. The molecular formula is C25H27N5O2. The van der Waals surface area contributed by atoms with Crippen molar-refractivity contribution in [1.82, 2.24) is 18.7 Å². The minimum atomic E-state index is -0.354. The number of anilines is 2. The van der Waals surface area contributed by atoms with E-state index in [-0.39, 0.29) is 17.8 Å². The second-order valence-electron chi connectivity index (χ2n) is 8.97. The summed E-state index contributed by atoms with van der Waals surface area (Å²) in [5.41, 5.74) is 4.60. The highest BCUT2D eigenvalue weighted by Gasteiger charge is 2.30. The summed E-state index contributed by atoms with van der Waals surface area (Å²) in [5, 5.41) is 0. The fourth-order valence-electron chi connectivity index (χ4n) is 4.73. The van der Waals surface area contributed by atoms with Crippen LogP contribution < -0.4 is 16.1 Å². The van der Waals surface area contributed by atoms with Crippen LogP contribution in [-0.2, 0) is 20.1 Å². The maximum absolute atomic E-state index is 13.6. The van der Waals surface area contributed by atoms with E-state index in [9.17, 15) is 9.59 Å². The van der Waals surface area contributed by atoms with Crippen molar-refractivity contribution in [2.45, 2.75) is 33.9 Å². The quantitative estimate of drug-likeness (QED) is 0.501. The summed E-state index contributed by atoms with van der Waals surface area (Å²) >= 11 is 0. The number of fused-ring (bicyclic) bond motifs is 3. The van der Waals surface area contributed by atoms with Crippen molar-refractivity contribution in [3.63, 3.8) is 0 Å². The number of hydrogen-bond acceptors (Lipinski definition) is 4. The lowest BCUT2D eigenvalue weighted by Gasteiger charge is -2.33. The number of nitrogens with zero attached hydrogens (tertiary/aromatic N) is 5. The standard InChI is InChI=1S/C25H27N5O2/c1-16-10-17(2)12-20(11-16)28-13-18(3)14-29-21-22(26-24(28)29)27(4)25(32)30(23(21)31)15-19-8-6-5-7-9-19/h5-12,18H,13-15H2,1-4H3/t18-/m0/s1. The Kier molecular flexibility index (Phi) is 4.77.